The van der Waals surface area contributed by atoms with Crippen molar-refractivity contribution in [3.8, 4) is 0 Å². The number of nitrogens with two attached hydrogens (primary N) is 1. The minimum absolute atomic E-state index is 0.173. The Hall–Kier alpha value is -2.11. The molecule has 5 nitrogen and oxygen atoms in total. The van der Waals surface area contributed by atoms with E-state index in [9.17, 15) is 4.79 Å². The molecule has 0 bridgehead atoms. The molecule has 0 spiro atoms. The fourth-order valence-corrected chi connectivity index (χ4v) is 2.29. The van der Waals surface area contributed by atoms with Crippen LogP contribution in [-0.4, -0.2) is 36.1 Å². The molecule has 0 saturated carbocycles. The number of nitrogens with zero attached hydrogens (tertiary/aromatic N) is 2. The van der Waals surface area contributed by atoms with Crippen LogP contribution in [0.15, 0.2) is 42.6 Å². The van der Waals surface area contributed by atoms with E-state index in [-0.39, 0.29) is 5.91 Å². The van der Waals surface area contributed by atoms with Crippen molar-refractivity contribution in [2.75, 3.05) is 26.0 Å². The van der Waals surface area contributed by atoms with Crippen LogP contribution in [0, 0.1) is 0 Å². The third-order valence-corrected chi connectivity index (χ3v) is 3.47. The SMILES string of the molecule is COCCN(Cc1ccccn1)C(=O)c1ccc(N)cc1Cl. The molecule has 6 heteroatoms. The van der Waals surface area contributed by atoms with Gasteiger partial charge >= 0.3 is 0 Å². The lowest BCUT2D eigenvalue weighted by atomic mass is 10.1. The zero-order valence-electron chi connectivity index (χ0n) is 12.3. The number of aromatic nitrogens is 1. The van der Waals surface area contributed by atoms with Gasteiger partial charge < -0.3 is 15.4 Å². The zero-order chi connectivity index (χ0) is 15.9. The molecule has 1 aromatic heterocycles. The first-order valence-corrected chi connectivity index (χ1v) is 7.22. The number of nitrogen functional groups attached to an aromatic ring is 1. The van der Waals surface area contributed by atoms with Gasteiger partial charge in [-0.05, 0) is 30.3 Å². The average Bonchev–Trinajstić information content (AvgIpc) is 2.52. The van der Waals surface area contributed by atoms with Crippen molar-refractivity contribution < 1.29 is 9.53 Å². The molecular formula is C16H18ClN3O2. The van der Waals surface area contributed by atoms with E-state index >= 15 is 0 Å². The maximum absolute atomic E-state index is 12.7. The molecule has 0 aliphatic carbocycles. The van der Waals surface area contributed by atoms with Gasteiger partial charge in [-0.15, -0.1) is 0 Å². The lowest BCUT2D eigenvalue weighted by Crippen LogP contribution is -2.34. The number of methoxy groups -OCH3 is 1. The second-order valence-electron chi connectivity index (χ2n) is 4.78. The predicted molar refractivity (Wildman–Crippen MR) is 86.7 cm³/mol. The number of pyridine rings is 1. The molecule has 0 fully saturated rings. The molecule has 2 aromatic rings. The van der Waals surface area contributed by atoms with Crippen LogP contribution >= 0.6 is 11.6 Å². The summed E-state index contributed by atoms with van der Waals surface area (Å²) < 4.78 is 5.08. The number of amides is 1. The van der Waals surface area contributed by atoms with Gasteiger partial charge in [-0.2, -0.15) is 0 Å². The Bertz CT molecular complexity index is 635. The van der Waals surface area contributed by atoms with E-state index < -0.39 is 0 Å². The zero-order valence-corrected chi connectivity index (χ0v) is 13.1. The van der Waals surface area contributed by atoms with Gasteiger partial charge in [-0.1, -0.05) is 17.7 Å². The van der Waals surface area contributed by atoms with Gasteiger partial charge in [0, 0.05) is 25.5 Å². The van der Waals surface area contributed by atoms with Crippen molar-refractivity contribution in [1.82, 2.24) is 9.88 Å². The monoisotopic (exact) mass is 319 g/mol. The largest absolute Gasteiger partial charge is 0.399 e. The average molecular weight is 320 g/mol. The van der Waals surface area contributed by atoms with Crippen LogP contribution in [0.2, 0.25) is 5.02 Å². The van der Waals surface area contributed by atoms with Crippen LogP contribution in [0.4, 0.5) is 5.69 Å². The molecule has 1 heterocycles. The molecule has 116 valence electrons. The summed E-state index contributed by atoms with van der Waals surface area (Å²) in [4.78, 5) is 18.6. The van der Waals surface area contributed by atoms with Crippen LogP contribution in [0.25, 0.3) is 0 Å². The van der Waals surface area contributed by atoms with Crippen LogP contribution < -0.4 is 5.73 Å². The summed E-state index contributed by atoms with van der Waals surface area (Å²) in [5.74, 6) is -0.173. The number of hydrogen-bond donors (Lipinski definition) is 1. The number of carbonyl (C=O) groups is 1. The third-order valence-electron chi connectivity index (χ3n) is 3.16. The van der Waals surface area contributed by atoms with Crippen LogP contribution in [0.3, 0.4) is 0 Å². The second kappa shape index (κ2) is 7.77. The van der Waals surface area contributed by atoms with Gasteiger partial charge in [0.1, 0.15) is 0 Å². The maximum Gasteiger partial charge on any atom is 0.255 e. The molecule has 0 unspecified atom stereocenters. The minimum atomic E-state index is -0.173. The first-order valence-electron chi connectivity index (χ1n) is 6.85. The summed E-state index contributed by atoms with van der Waals surface area (Å²) in [6, 6.07) is 10.5. The summed E-state index contributed by atoms with van der Waals surface area (Å²) in [6.45, 7) is 1.28. The van der Waals surface area contributed by atoms with Gasteiger partial charge in [0.25, 0.3) is 5.91 Å². The Kier molecular flexibility index (Phi) is 5.75. The molecular weight excluding hydrogens is 302 g/mol. The molecule has 0 saturated heterocycles. The van der Waals surface area contributed by atoms with Gasteiger partial charge in [-0.25, -0.2) is 0 Å². The highest BCUT2D eigenvalue weighted by molar-refractivity contribution is 6.34. The number of benzene rings is 1. The van der Waals surface area contributed by atoms with E-state index in [4.69, 9.17) is 22.1 Å². The number of ether oxygens (including phenoxy) is 1. The normalized spacial score (nSPS) is 10.5. The third kappa shape index (κ3) is 4.19. The van der Waals surface area contributed by atoms with E-state index in [0.717, 1.165) is 5.69 Å². The number of rotatable bonds is 6. The van der Waals surface area contributed by atoms with Gasteiger partial charge in [-0.3, -0.25) is 9.78 Å². The van der Waals surface area contributed by atoms with Gasteiger partial charge in [0.2, 0.25) is 0 Å². The van der Waals surface area contributed by atoms with Gasteiger partial charge in [0.15, 0.2) is 0 Å². The fraction of sp³-hybridized carbons (Fsp3) is 0.250. The topological polar surface area (TPSA) is 68.5 Å². The molecule has 0 aliphatic heterocycles. The van der Waals surface area contributed by atoms with E-state index in [2.05, 4.69) is 4.98 Å². The second-order valence-corrected chi connectivity index (χ2v) is 5.19. The maximum atomic E-state index is 12.7. The Morgan fingerprint density at radius 1 is 1.36 bits per heavy atom. The molecule has 2 rings (SSSR count). The van der Waals surface area contributed by atoms with Crippen molar-refractivity contribution in [3.63, 3.8) is 0 Å². The van der Waals surface area contributed by atoms with Crippen molar-refractivity contribution in [1.29, 1.82) is 0 Å². The summed E-state index contributed by atoms with van der Waals surface area (Å²) >= 11 is 6.13. The van der Waals surface area contributed by atoms with Gasteiger partial charge in [0.05, 0.1) is 29.4 Å². The molecule has 22 heavy (non-hydrogen) atoms. The minimum Gasteiger partial charge on any atom is -0.399 e. The molecule has 2 N–H and O–H groups in total. The molecule has 0 aliphatic rings. The Morgan fingerprint density at radius 2 is 2.18 bits per heavy atom. The Morgan fingerprint density at radius 3 is 2.82 bits per heavy atom. The van der Waals surface area contributed by atoms with E-state index in [1.54, 1.807) is 36.4 Å². The van der Waals surface area contributed by atoms with E-state index in [0.29, 0.717) is 36.0 Å². The molecule has 1 amide bonds. The van der Waals surface area contributed by atoms with Crippen LogP contribution in [-0.2, 0) is 11.3 Å². The molecule has 0 atom stereocenters. The van der Waals surface area contributed by atoms with Crippen LogP contribution in [0.5, 0.6) is 0 Å². The van der Waals surface area contributed by atoms with Crippen molar-refractivity contribution >= 4 is 23.2 Å². The highest BCUT2D eigenvalue weighted by Gasteiger charge is 2.19. The first-order chi connectivity index (χ1) is 10.6. The van der Waals surface area contributed by atoms with E-state index in [1.807, 2.05) is 18.2 Å². The highest BCUT2D eigenvalue weighted by Crippen LogP contribution is 2.21. The van der Waals surface area contributed by atoms with Crippen molar-refractivity contribution in [3.05, 3.63) is 58.9 Å². The predicted octanol–water partition coefficient (Wildman–Crippen LogP) is 2.61. The molecule has 0 radical (unpaired) electrons. The van der Waals surface area contributed by atoms with Crippen molar-refractivity contribution in [2.24, 2.45) is 0 Å². The Labute approximate surface area is 134 Å². The number of anilines is 1. The number of halogens is 1. The lowest BCUT2D eigenvalue weighted by molar-refractivity contribution is 0.0678. The highest BCUT2D eigenvalue weighted by atomic mass is 35.5. The summed E-state index contributed by atoms with van der Waals surface area (Å²) in [5, 5.41) is 0.341. The van der Waals surface area contributed by atoms with E-state index in [1.165, 1.54) is 0 Å². The smallest absolute Gasteiger partial charge is 0.255 e. The summed E-state index contributed by atoms with van der Waals surface area (Å²) in [5.41, 5.74) is 7.41. The molecule has 1 aromatic carbocycles. The fourth-order valence-electron chi connectivity index (χ4n) is 2.02. The number of carbonyl (C=O) groups excluding carboxylic acids is 1. The lowest BCUT2D eigenvalue weighted by Gasteiger charge is -2.22. The summed E-state index contributed by atoms with van der Waals surface area (Å²) in [7, 11) is 1.60. The standard InChI is InChI=1S/C16H18ClN3O2/c1-22-9-8-20(11-13-4-2-3-7-19-13)16(21)14-6-5-12(18)10-15(14)17/h2-7,10H,8-9,11,18H2,1H3. The first kappa shape index (κ1) is 16.3. The van der Waals surface area contributed by atoms with Crippen molar-refractivity contribution in [2.45, 2.75) is 6.54 Å². The van der Waals surface area contributed by atoms with Crippen LogP contribution in [0.1, 0.15) is 16.1 Å². The quantitative estimate of drug-likeness (QED) is 0.831. The summed E-state index contributed by atoms with van der Waals surface area (Å²) in [6.07, 6.45) is 1.70. The Balaban J connectivity index is 2.22. The number of hydrogen-bond acceptors (Lipinski definition) is 4.